The minimum Gasteiger partial charge on any atom is -0.476 e. The zero-order valence-corrected chi connectivity index (χ0v) is 9.62. The summed E-state index contributed by atoms with van der Waals surface area (Å²) in [5.41, 5.74) is -0.186. The molecule has 1 aromatic heterocycles. The van der Waals surface area contributed by atoms with Gasteiger partial charge in [-0.2, -0.15) is 0 Å². The second-order valence-corrected chi connectivity index (χ2v) is 4.30. The van der Waals surface area contributed by atoms with Crippen LogP contribution in [-0.4, -0.2) is 23.9 Å². The average Bonchev–Trinajstić information content (AvgIpc) is 2.67. The van der Waals surface area contributed by atoms with E-state index in [-0.39, 0.29) is 11.5 Å². The molecule has 1 N–H and O–H groups in total. The van der Waals surface area contributed by atoms with Gasteiger partial charge >= 0.3 is 5.97 Å². The maximum atomic E-state index is 13.0. The number of nitrogens with zero attached hydrogens (tertiary/aromatic N) is 1. The van der Waals surface area contributed by atoms with E-state index < -0.39 is 5.97 Å². The highest BCUT2D eigenvalue weighted by molar-refractivity contribution is 7.21. The molecule has 0 saturated carbocycles. The van der Waals surface area contributed by atoms with Crippen molar-refractivity contribution in [3.05, 3.63) is 35.0 Å². The number of carboxylic acid groups (broad SMARTS) is 1. The molecule has 0 radical (unpaired) electrons. The first kappa shape index (κ1) is 11.5. The highest BCUT2D eigenvalue weighted by Gasteiger charge is 2.16. The van der Waals surface area contributed by atoms with E-state index in [1.807, 2.05) is 0 Å². The first-order chi connectivity index (χ1) is 8.11. The van der Waals surface area contributed by atoms with Gasteiger partial charge in [0.2, 0.25) is 5.71 Å². The number of carbonyl (C=O) groups is 1. The lowest BCUT2D eigenvalue weighted by molar-refractivity contribution is -0.129. The van der Waals surface area contributed by atoms with Gasteiger partial charge in [-0.05, 0) is 23.6 Å². The highest BCUT2D eigenvalue weighted by atomic mass is 32.1. The number of benzene rings is 1. The van der Waals surface area contributed by atoms with Crippen molar-refractivity contribution < 1.29 is 19.1 Å². The van der Waals surface area contributed by atoms with E-state index in [4.69, 9.17) is 5.11 Å². The van der Waals surface area contributed by atoms with Gasteiger partial charge in [0.05, 0.1) is 4.88 Å². The summed E-state index contributed by atoms with van der Waals surface area (Å²) in [6.45, 7) is 0. The van der Waals surface area contributed by atoms with Gasteiger partial charge in [0.1, 0.15) is 12.9 Å². The van der Waals surface area contributed by atoms with E-state index in [0.29, 0.717) is 9.58 Å². The first-order valence-electron chi connectivity index (χ1n) is 4.65. The fourth-order valence-electron chi connectivity index (χ4n) is 1.40. The maximum Gasteiger partial charge on any atom is 0.359 e. The van der Waals surface area contributed by atoms with E-state index in [0.717, 1.165) is 16.7 Å². The lowest BCUT2D eigenvalue weighted by atomic mass is 10.2. The van der Waals surface area contributed by atoms with Crippen molar-refractivity contribution in [3.8, 4) is 0 Å². The number of hydrogen-bond donors (Lipinski definition) is 1. The molecule has 0 unspecified atom stereocenters. The summed E-state index contributed by atoms with van der Waals surface area (Å²) in [6, 6.07) is 5.92. The minimum absolute atomic E-state index is 0.186. The molecule has 0 saturated heterocycles. The molecule has 0 aliphatic carbocycles. The Bertz CT molecular complexity index is 606. The first-order valence-corrected chi connectivity index (χ1v) is 5.47. The van der Waals surface area contributed by atoms with E-state index >= 15 is 0 Å². The van der Waals surface area contributed by atoms with Gasteiger partial charge in [0, 0.05) is 4.70 Å². The second-order valence-electron chi connectivity index (χ2n) is 3.22. The molecular formula is C11H8FNO3S. The molecule has 88 valence electrons. The van der Waals surface area contributed by atoms with Crippen molar-refractivity contribution in [1.29, 1.82) is 0 Å². The molecule has 17 heavy (non-hydrogen) atoms. The maximum absolute atomic E-state index is 13.0. The number of fused-ring (bicyclic) bond motifs is 1. The summed E-state index contributed by atoms with van der Waals surface area (Å²) in [4.78, 5) is 15.9. The monoisotopic (exact) mass is 253 g/mol. The smallest absolute Gasteiger partial charge is 0.359 e. The normalized spacial score (nSPS) is 11.8. The Labute approximate surface area is 99.9 Å². The van der Waals surface area contributed by atoms with Crippen LogP contribution in [0.5, 0.6) is 0 Å². The third-order valence-corrected chi connectivity index (χ3v) is 3.21. The van der Waals surface area contributed by atoms with Crippen LogP contribution >= 0.6 is 11.3 Å². The van der Waals surface area contributed by atoms with Gasteiger partial charge in [0.25, 0.3) is 0 Å². The molecule has 1 aromatic carbocycles. The van der Waals surface area contributed by atoms with E-state index in [9.17, 15) is 9.18 Å². The predicted molar refractivity (Wildman–Crippen MR) is 63.0 cm³/mol. The third kappa shape index (κ3) is 2.26. The lowest BCUT2D eigenvalue weighted by Crippen LogP contribution is -2.13. The Balaban J connectivity index is 2.55. The third-order valence-electron chi connectivity index (χ3n) is 2.10. The van der Waals surface area contributed by atoms with Crippen LogP contribution in [0.3, 0.4) is 0 Å². The van der Waals surface area contributed by atoms with E-state index in [1.54, 1.807) is 12.1 Å². The number of oxime groups is 1. The SMILES string of the molecule is CO/N=C(/C(=O)O)c1cc2ccc(F)cc2s1. The molecule has 0 aliphatic rings. The molecule has 2 aromatic rings. The Morgan fingerprint density at radius 3 is 2.88 bits per heavy atom. The van der Waals surface area contributed by atoms with Gasteiger partial charge in [-0.25, -0.2) is 9.18 Å². The van der Waals surface area contributed by atoms with Crippen molar-refractivity contribution in [2.24, 2.45) is 5.16 Å². The Morgan fingerprint density at radius 2 is 2.24 bits per heavy atom. The van der Waals surface area contributed by atoms with E-state index in [2.05, 4.69) is 9.99 Å². The Morgan fingerprint density at radius 1 is 1.47 bits per heavy atom. The topological polar surface area (TPSA) is 58.9 Å². The molecule has 4 nitrogen and oxygen atoms in total. The van der Waals surface area contributed by atoms with Crippen molar-refractivity contribution in [3.63, 3.8) is 0 Å². The molecule has 0 amide bonds. The summed E-state index contributed by atoms with van der Waals surface area (Å²) in [5, 5.41) is 13.2. The van der Waals surface area contributed by atoms with Crippen LogP contribution < -0.4 is 0 Å². The summed E-state index contributed by atoms with van der Waals surface area (Å²) in [5.74, 6) is -1.54. The van der Waals surface area contributed by atoms with E-state index in [1.165, 1.54) is 19.2 Å². The zero-order valence-electron chi connectivity index (χ0n) is 8.81. The van der Waals surface area contributed by atoms with Crippen LogP contribution in [0.2, 0.25) is 0 Å². The quantitative estimate of drug-likeness (QED) is 0.675. The number of thiophene rings is 1. The summed E-state index contributed by atoms with van der Waals surface area (Å²) < 4.78 is 13.7. The number of rotatable bonds is 3. The van der Waals surface area contributed by atoms with Crippen molar-refractivity contribution in [1.82, 2.24) is 0 Å². The molecule has 0 fully saturated rings. The van der Waals surface area contributed by atoms with Crippen LogP contribution in [0, 0.1) is 5.82 Å². The standard InChI is InChI=1S/C11H8FNO3S/c1-16-13-10(11(14)15)9-4-6-2-3-7(12)5-8(6)17-9/h2-5H,1H3,(H,14,15)/b13-10+. The summed E-state index contributed by atoms with van der Waals surface area (Å²) >= 11 is 1.16. The van der Waals surface area contributed by atoms with Gasteiger partial charge < -0.3 is 9.94 Å². The average molecular weight is 253 g/mol. The number of hydrogen-bond acceptors (Lipinski definition) is 4. The number of halogens is 1. The van der Waals surface area contributed by atoms with Gasteiger partial charge in [0.15, 0.2) is 0 Å². The molecule has 1 heterocycles. The van der Waals surface area contributed by atoms with Crippen LogP contribution in [-0.2, 0) is 9.63 Å². The van der Waals surface area contributed by atoms with Crippen LogP contribution in [0.4, 0.5) is 4.39 Å². The van der Waals surface area contributed by atoms with Crippen molar-refractivity contribution in [2.45, 2.75) is 0 Å². The highest BCUT2D eigenvalue weighted by Crippen LogP contribution is 2.27. The molecular weight excluding hydrogens is 245 g/mol. The van der Waals surface area contributed by atoms with Crippen LogP contribution in [0.25, 0.3) is 10.1 Å². The molecule has 0 spiro atoms. The number of carboxylic acids is 1. The Kier molecular flexibility index (Phi) is 3.06. The lowest BCUT2D eigenvalue weighted by Gasteiger charge is -1.94. The molecule has 0 aliphatic heterocycles. The Hall–Kier alpha value is -1.95. The molecule has 0 atom stereocenters. The second kappa shape index (κ2) is 4.50. The fourth-order valence-corrected chi connectivity index (χ4v) is 2.46. The minimum atomic E-state index is -1.18. The van der Waals surface area contributed by atoms with Gasteiger partial charge in [-0.3, -0.25) is 0 Å². The molecule has 0 bridgehead atoms. The summed E-state index contributed by atoms with van der Waals surface area (Å²) in [7, 11) is 1.27. The van der Waals surface area contributed by atoms with Gasteiger partial charge in [-0.1, -0.05) is 11.2 Å². The zero-order chi connectivity index (χ0) is 12.4. The number of aliphatic carboxylic acids is 1. The summed E-state index contributed by atoms with van der Waals surface area (Å²) in [6.07, 6.45) is 0. The van der Waals surface area contributed by atoms with Crippen molar-refractivity contribution in [2.75, 3.05) is 7.11 Å². The molecule has 6 heteroatoms. The van der Waals surface area contributed by atoms with Gasteiger partial charge in [-0.15, -0.1) is 11.3 Å². The van der Waals surface area contributed by atoms with Crippen molar-refractivity contribution >= 4 is 33.1 Å². The molecule has 2 rings (SSSR count). The fraction of sp³-hybridized carbons (Fsp3) is 0.0909. The van der Waals surface area contributed by atoms with Crippen LogP contribution in [0.1, 0.15) is 4.88 Å². The largest absolute Gasteiger partial charge is 0.476 e. The van der Waals surface area contributed by atoms with Crippen LogP contribution in [0.15, 0.2) is 29.4 Å². The predicted octanol–water partition coefficient (Wildman–Crippen LogP) is 2.48.